The Labute approximate surface area is 94.3 Å². The molecule has 1 aromatic rings. The third kappa shape index (κ3) is 3.31. The predicted octanol–water partition coefficient (Wildman–Crippen LogP) is 3.64. The first kappa shape index (κ1) is 12.2. The van der Waals surface area contributed by atoms with Crippen LogP contribution in [0.25, 0.3) is 0 Å². The topological polar surface area (TPSA) is 17.1 Å². The molecule has 0 saturated heterocycles. The minimum absolute atomic E-state index is 0.0253. The molecule has 1 aromatic carbocycles. The van der Waals surface area contributed by atoms with Gasteiger partial charge in [0.25, 0.3) is 0 Å². The van der Waals surface area contributed by atoms with Gasteiger partial charge in [-0.2, -0.15) is 0 Å². The molecule has 0 unspecified atom stereocenters. The van der Waals surface area contributed by atoms with Gasteiger partial charge in [0.1, 0.15) is 11.6 Å². The van der Waals surface area contributed by atoms with Crippen molar-refractivity contribution in [3.05, 3.63) is 34.6 Å². The molecule has 0 saturated carbocycles. The summed E-state index contributed by atoms with van der Waals surface area (Å²) < 4.78 is 13.0. The van der Waals surface area contributed by atoms with E-state index < -0.39 is 5.82 Å². The zero-order valence-corrected chi connectivity index (χ0v) is 9.64. The minimum Gasteiger partial charge on any atom is -0.299 e. The summed E-state index contributed by atoms with van der Waals surface area (Å²) in [4.78, 5) is 11.4. The maximum atomic E-state index is 13.0. The van der Waals surface area contributed by atoms with Crippen molar-refractivity contribution in [1.29, 1.82) is 0 Å². The zero-order valence-electron chi connectivity index (χ0n) is 8.89. The maximum absolute atomic E-state index is 13.0. The number of Topliss-reactive ketones (excluding diaryl/α,β-unsaturated/α-hetero) is 1. The lowest BCUT2D eigenvalue weighted by atomic mass is 10.0. The molecule has 0 radical (unpaired) electrons. The summed E-state index contributed by atoms with van der Waals surface area (Å²) in [6.07, 6.45) is 0.925. The Balaban J connectivity index is 2.66. The smallest absolute Gasteiger partial charge is 0.142 e. The number of benzene rings is 1. The minimum atomic E-state index is -0.425. The van der Waals surface area contributed by atoms with Crippen molar-refractivity contribution in [1.82, 2.24) is 0 Å². The Morgan fingerprint density at radius 2 is 2.13 bits per heavy atom. The zero-order chi connectivity index (χ0) is 11.4. The normalized spacial score (nSPS) is 10.7. The molecular weight excluding hydrogens is 215 g/mol. The summed E-state index contributed by atoms with van der Waals surface area (Å²) in [6, 6.07) is 4.67. The highest BCUT2D eigenvalue weighted by molar-refractivity contribution is 6.31. The van der Waals surface area contributed by atoms with Crippen LogP contribution in [0.1, 0.15) is 25.8 Å². The van der Waals surface area contributed by atoms with Crippen LogP contribution in [0.2, 0.25) is 5.02 Å². The molecular formula is C12H14ClFO. The van der Waals surface area contributed by atoms with Crippen LogP contribution in [0.4, 0.5) is 4.39 Å². The van der Waals surface area contributed by atoms with Crippen molar-refractivity contribution in [3.8, 4) is 0 Å². The molecule has 0 heterocycles. The van der Waals surface area contributed by atoms with E-state index in [1.54, 1.807) is 12.1 Å². The summed E-state index contributed by atoms with van der Waals surface area (Å²) in [7, 11) is 0. The largest absolute Gasteiger partial charge is 0.299 e. The number of carbonyl (C=O) groups excluding carboxylic acids is 1. The van der Waals surface area contributed by atoms with Crippen LogP contribution in [0.5, 0.6) is 0 Å². The molecule has 0 atom stereocenters. The van der Waals surface area contributed by atoms with Gasteiger partial charge >= 0.3 is 0 Å². The molecule has 0 N–H and O–H groups in total. The maximum Gasteiger partial charge on any atom is 0.142 e. The predicted molar refractivity (Wildman–Crippen MR) is 59.6 cm³/mol. The average molecular weight is 229 g/mol. The first-order chi connectivity index (χ1) is 7.02. The number of ketones is 1. The number of carbonyl (C=O) groups is 1. The van der Waals surface area contributed by atoms with Gasteiger partial charge in [-0.05, 0) is 18.1 Å². The molecule has 1 rings (SSSR count). The van der Waals surface area contributed by atoms with Gasteiger partial charge in [-0.15, -0.1) is 0 Å². The summed E-state index contributed by atoms with van der Waals surface area (Å²) in [5.41, 5.74) is 0.700. The molecule has 82 valence electrons. The van der Waals surface area contributed by atoms with Gasteiger partial charge in [0.2, 0.25) is 0 Å². The molecule has 1 nitrogen and oxygen atoms in total. The Kier molecular flexibility index (Phi) is 4.28. The van der Waals surface area contributed by atoms with Crippen LogP contribution in [0.3, 0.4) is 0 Å². The van der Waals surface area contributed by atoms with Crippen LogP contribution < -0.4 is 0 Å². The van der Waals surface area contributed by atoms with Gasteiger partial charge in [-0.1, -0.05) is 37.6 Å². The summed E-state index contributed by atoms with van der Waals surface area (Å²) >= 11 is 5.77. The molecule has 0 fully saturated rings. The van der Waals surface area contributed by atoms with E-state index in [1.807, 2.05) is 13.8 Å². The molecule has 3 heteroatoms. The van der Waals surface area contributed by atoms with E-state index in [0.717, 1.165) is 0 Å². The molecule has 0 aliphatic rings. The lowest BCUT2D eigenvalue weighted by Gasteiger charge is -2.06. The van der Waals surface area contributed by atoms with E-state index >= 15 is 0 Å². The first-order valence-corrected chi connectivity index (χ1v) is 5.35. The van der Waals surface area contributed by atoms with Gasteiger partial charge < -0.3 is 0 Å². The molecule has 0 aromatic heterocycles. The van der Waals surface area contributed by atoms with Crippen molar-refractivity contribution in [3.63, 3.8) is 0 Å². The third-order valence-electron chi connectivity index (χ3n) is 2.32. The van der Waals surface area contributed by atoms with E-state index in [2.05, 4.69) is 0 Å². The lowest BCUT2D eigenvalue weighted by Crippen LogP contribution is -2.08. The van der Waals surface area contributed by atoms with Gasteiger partial charge in [0, 0.05) is 12.3 Å². The highest BCUT2D eigenvalue weighted by atomic mass is 35.5. The third-order valence-corrected chi connectivity index (χ3v) is 2.74. The van der Waals surface area contributed by atoms with Crippen molar-refractivity contribution in [2.24, 2.45) is 5.92 Å². The molecule has 0 amide bonds. The van der Waals surface area contributed by atoms with Crippen LogP contribution >= 0.6 is 11.6 Å². The molecule has 0 bridgehead atoms. The first-order valence-electron chi connectivity index (χ1n) is 4.98. The lowest BCUT2D eigenvalue weighted by molar-refractivity contribution is -0.121. The Bertz CT molecular complexity index is 361. The van der Waals surface area contributed by atoms with Crippen molar-refractivity contribution < 1.29 is 9.18 Å². The second-order valence-corrected chi connectivity index (χ2v) is 4.21. The standard InChI is InChI=1S/C12H14ClFO/c1-8(2)11(15)7-6-9-4-3-5-10(14)12(9)13/h3-5,8H,6-7H2,1-2H3. The fourth-order valence-electron chi connectivity index (χ4n) is 1.29. The van der Waals surface area contributed by atoms with E-state index in [-0.39, 0.29) is 16.7 Å². The Morgan fingerprint density at radius 1 is 1.47 bits per heavy atom. The van der Waals surface area contributed by atoms with Crippen LogP contribution in [0, 0.1) is 11.7 Å². The second kappa shape index (κ2) is 5.26. The van der Waals surface area contributed by atoms with Crippen molar-refractivity contribution in [2.75, 3.05) is 0 Å². The molecule has 0 aliphatic carbocycles. The molecule has 0 aliphatic heterocycles. The number of rotatable bonds is 4. The van der Waals surface area contributed by atoms with Crippen molar-refractivity contribution >= 4 is 17.4 Å². The van der Waals surface area contributed by atoms with Gasteiger partial charge in [0.15, 0.2) is 0 Å². The van der Waals surface area contributed by atoms with E-state index in [1.165, 1.54) is 6.07 Å². The fourth-order valence-corrected chi connectivity index (χ4v) is 1.51. The van der Waals surface area contributed by atoms with Gasteiger partial charge in [0.05, 0.1) is 5.02 Å². The van der Waals surface area contributed by atoms with Crippen LogP contribution in [0.15, 0.2) is 18.2 Å². The number of aryl methyl sites for hydroxylation is 1. The van der Waals surface area contributed by atoms with E-state index in [0.29, 0.717) is 18.4 Å². The summed E-state index contributed by atoms with van der Waals surface area (Å²) in [5, 5.41) is 0.133. The van der Waals surface area contributed by atoms with Gasteiger partial charge in [-0.3, -0.25) is 4.79 Å². The number of hydrogen-bond acceptors (Lipinski definition) is 1. The average Bonchev–Trinajstić information content (AvgIpc) is 2.19. The molecule has 15 heavy (non-hydrogen) atoms. The SMILES string of the molecule is CC(C)C(=O)CCc1cccc(F)c1Cl. The Morgan fingerprint density at radius 3 is 2.73 bits per heavy atom. The number of hydrogen-bond donors (Lipinski definition) is 0. The highest BCUT2D eigenvalue weighted by Crippen LogP contribution is 2.21. The fraction of sp³-hybridized carbons (Fsp3) is 0.417. The van der Waals surface area contributed by atoms with E-state index in [4.69, 9.17) is 11.6 Å². The monoisotopic (exact) mass is 228 g/mol. The summed E-state index contributed by atoms with van der Waals surface area (Å²) in [5.74, 6) is -0.223. The highest BCUT2D eigenvalue weighted by Gasteiger charge is 2.10. The van der Waals surface area contributed by atoms with Crippen LogP contribution in [-0.4, -0.2) is 5.78 Å². The quantitative estimate of drug-likeness (QED) is 0.769. The summed E-state index contributed by atoms with van der Waals surface area (Å²) in [6.45, 7) is 3.71. The van der Waals surface area contributed by atoms with Crippen LogP contribution in [-0.2, 0) is 11.2 Å². The number of halogens is 2. The second-order valence-electron chi connectivity index (χ2n) is 3.83. The van der Waals surface area contributed by atoms with E-state index in [9.17, 15) is 9.18 Å². The Hall–Kier alpha value is -0.890. The molecule has 0 spiro atoms. The van der Waals surface area contributed by atoms with Crippen molar-refractivity contribution in [2.45, 2.75) is 26.7 Å². The van der Waals surface area contributed by atoms with Gasteiger partial charge in [-0.25, -0.2) is 4.39 Å².